The molecule has 0 unspecified atom stereocenters. The number of esters is 1. The molecule has 0 radical (unpaired) electrons. The highest BCUT2D eigenvalue weighted by molar-refractivity contribution is 8.00. The summed E-state index contributed by atoms with van der Waals surface area (Å²) < 4.78 is 19.0. The van der Waals surface area contributed by atoms with Gasteiger partial charge in [0.15, 0.2) is 4.34 Å². The number of amides is 1. The lowest BCUT2D eigenvalue weighted by Crippen LogP contribution is -2.15. The molecule has 0 atom stereocenters. The van der Waals surface area contributed by atoms with Crippen LogP contribution in [0.2, 0.25) is 0 Å². The molecule has 0 bridgehead atoms. The van der Waals surface area contributed by atoms with E-state index in [0.717, 1.165) is 5.56 Å². The summed E-state index contributed by atoms with van der Waals surface area (Å²) in [5, 5.41) is 11.0. The standard InChI is InChI=1S/C19H16FN3O3S2/c1-26-17(25)13-8-6-12(7-9-13)11-27-19-23-22-18(28-19)21-16(24)10-14-4-2-3-5-15(14)20/h2-9H,10-11H2,1H3,(H,21,22,24). The first-order valence-electron chi connectivity index (χ1n) is 8.22. The molecular weight excluding hydrogens is 401 g/mol. The number of halogens is 1. The number of methoxy groups -OCH3 is 1. The van der Waals surface area contributed by atoms with Crippen LogP contribution in [0.5, 0.6) is 0 Å². The van der Waals surface area contributed by atoms with Crippen molar-refractivity contribution in [1.82, 2.24) is 10.2 Å². The normalized spacial score (nSPS) is 10.5. The minimum Gasteiger partial charge on any atom is -0.465 e. The third kappa shape index (κ3) is 5.37. The maximum atomic E-state index is 13.6. The second-order valence-electron chi connectivity index (χ2n) is 5.67. The monoisotopic (exact) mass is 417 g/mol. The zero-order valence-electron chi connectivity index (χ0n) is 14.8. The van der Waals surface area contributed by atoms with E-state index in [1.165, 1.54) is 36.3 Å². The highest BCUT2D eigenvalue weighted by Crippen LogP contribution is 2.28. The van der Waals surface area contributed by atoms with E-state index < -0.39 is 5.82 Å². The minimum atomic E-state index is -0.413. The average Bonchev–Trinajstić information content (AvgIpc) is 3.15. The van der Waals surface area contributed by atoms with Crippen LogP contribution in [-0.2, 0) is 21.7 Å². The zero-order valence-corrected chi connectivity index (χ0v) is 16.5. The number of carbonyl (C=O) groups excluding carboxylic acids is 2. The molecular formula is C19H16FN3O3S2. The maximum Gasteiger partial charge on any atom is 0.337 e. The van der Waals surface area contributed by atoms with E-state index >= 15 is 0 Å². The van der Waals surface area contributed by atoms with Crippen molar-refractivity contribution in [2.45, 2.75) is 16.5 Å². The lowest BCUT2D eigenvalue weighted by Gasteiger charge is -2.02. The first kappa shape index (κ1) is 20.0. The summed E-state index contributed by atoms with van der Waals surface area (Å²) in [5.74, 6) is -0.501. The number of aromatic nitrogens is 2. The van der Waals surface area contributed by atoms with Crippen LogP contribution < -0.4 is 5.32 Å². The van der Waals surface area contributed by atoms with Gasteiger partial charge in [-0.05, 0) is 29.3 Å². The SMILES string of the molecule is COC(=O)c1ccc(CSc2nnc(NC(=O)Cc3ccccc3F)s2)cc1. The Balaban J connectivity index is 1.52. The van der Waals surface area contributed by atoms with Gasteiger partial charge in [0.05, 0.1) is 19.1 Å². The molecule has 144 valence electrons. The van der Waals surface area contributed by atoms with Crippen molar-refractivity contribution in [2.75, 3.05) is 12.4 Å². The number of hydrogen-bond acceptors (Lipinski definition) is 7. The topological polar surface area (TPSA) is 81.2 Å². The van der Waals surface area contributed by atoms with E-state index in [4.69, 9.17) is 0 Å². The van der Waals surface area contributed by atoms with Gasteiger partial charge in [0.1, 0.15) is 5.82 Å². The molecule has 28 heavy (non-hydrogen) atoms. The van der Waals surface area contributed by atoms with Crippen LogP contribution >= 0.6 is 23.1 Å². The fourth-order valence-corrected chi connectivity index (χ4v) is 4.02. The molecule has 0 aliphatic carbocycles. The second kappa shape index (κ2) is 9.43. The summed E-state index contributed by atoms with van der Waals surface area (Å²) in [6.45, 7) is 0. The van der Waals surface area contributed by atoms with Gasteiger partial charge in [0.2, 0.25) is 11.0 Å². The third-order valence-electron chi connectivity index (χ3n) is 3.70. The highest BCUT2D eigenvalue weighted by atomic mass is 32.2. The van der Waals surface area contributed by atoms with Gasteiger partial charge in [-0.1, -0.05) is 53.4 Å². The Labute approximate surface area is 169 Å². The van der Waals surface area contributed by atoms with Crippen LogP contribution in [0.25, 0.3) is 0 Å². The van der Waals surface area contributed by atoms with Crippen molar-refractivity contribution in [3.05, 3.63) is 71.0 Å². The van der Waals surface area contributed by atoms with E-state index in [-0.39, 0.29) is 18.3 Å². The zero-order chi connectivity index (χ0) is 19.9. The number of hydrogen-bond donors (Lipinski definition) is 1. The van der Waals surface area contributed by atoms with Gasteiger partial charge < -0.3 is 10.1 Å². The van der Waals surface area contributed by atoms with Crippen LogP contribution in [0, 0.1) is 5.82 Å². The van der Waals surface area contributed by atoms with Gasteiger partial charge >= 0.3 is 5.97 Å². The van der Waals surface area contributed by atoms with Crippen LogP contribution in [0.3, 0.4) is 0 Å². The number of nitrogens with one attached hydrogen (secondary N) is 1. The molecule has 1 heterocycles. The van der Waals surface area contributed by atoms with Gasteiger partial charge in [0, 0.05) is 5.75 Å². The fraction of sp³-hybridized carbons (Fsp3) is 0.158. The predicted molar refractivity (Wildman–Crippen MR) is 106 cm³/mol. The van der Waals surface area contributed by atoms with E-state index in [9.17, 15) is 14.0 Å². The van der Waals surface area contributed by atoms with Crippen molar-refractivity contribution in [3.8, 4) is 0 Å². The van der Waals surface area contributed by atoms with E-state index in [0.29, 0.717) is 26.4 Å². The molecule has 0 saturated heterocycles. The summed E-state index contributed by atoms with van der Waals surface area (Å²) >= 11 is 2.71. The molecule has 1 N–H and O–H groups in total. The predicted octanol–water partition coefficient (Wildman–Crippen LogP) is 3.94. The van der Waals surface area contributed by atoms with Gasteiger partial charge in [-0.3, -0.25) is 4.79 Å². The number of thioether (sulfide) groups is 1. The smallest absolute Gasteiger partial charge is 0.337 e. The molecule has 0 fully saturated rings. The lowest BCUT2D eigenvalue weighted by molar-refractivity contribution is -0.115. The molecule has 9 heteroatoms. The Bertz CT molecular complexity index is 977. The highest BCUT2D eigenvalue weighted by Gasteiger charge is 2.12. The molecule has 3 rings (SSSR count). The maximum absolute atomic E-state index is 13.6. The number of rotatable bonds is 7. The van der Waals surface area contributed by atoms with Crippen LogP contribution in [0.4, 0.5) is 9.52 Å². The largest absolute Gasteiger partial charge is 0.465 e. The lowest BCUT2D eigenvalue weighted by atomic mass is 10.1. The third-order valence-corrected chi connectivity index (χ3v) is 5.74. The Morgan fingerprint density at radius 3 is 2.61 bits per heavy atom. The van der Waals surface area contributed by atoms with E-state index in [1.54, 1.807) is 30.3 Å². The van der Waals surface area contributed by atoms with Crippen molar-refractivity contribution in [3.63, 3.8) is 0 Å². The van der Waals surface area contributed by atoms with Gasteiger partial charge in [-0.2, -0.15) is 0 Å². The van der Waals surface area contributed by atoms with Gasteiger partial charge in [0.25, 0.3) is 0 Å². The number of carbonyl (C=O) groups is 2. The summed E-state index contributed by atoms with van der Waals surface area (Å²) in [6.07, 6.45) is -0.0682. The molecule has 0 aliphatic rings. The quantitative estimate of drug-likeness (QED) is 0.356. The molecule has 0 aliphatic heterocycles. The van der Waals surface area contributed by atoms with Crippen molar-refractivity contribution in [1.29, 1.82) is 0 Å². The summed E-state index contributed by atoms with van der Waals surface area (Å²) in [4.78, 5) is 23.5. The van der Waals surface area contributed by atoms with Crippen molar-refractivity contribution < 1.29 is 18.7 Å². The van der Waals surface area contributed by atoms with Crippen LogP contribution in [0.1, 0.15) is 21.5 Å². The molecule has 1 amide bonds. The molecule has 0 spiro atoms. The van der Waals surface area contributed by atoms with Gasteiger partial charge in [-0.25, -0.2) is 9.18 Å². The van der Waals surface area contributed by atoms with E-state index in [2.05, 4.69) is 20.3 Å². The second-order valence-corrected chi connectivity index (χ2v) is 7.87. The van der Waals surface area contributed by atoms with Crippen LogP contribution in [0.15, 0.2) is 52.9 Å². The molecule has 2 aromatic carbocycles. The van der Waals surface area contributed by atoms with Crippen molar-refractivity contribution in [2.24, 2.45) is 0 Å². The number of benzene rings is 2. The first-order chi connectivity index (χ1) is 13.5. The molecule has 1 aromatic heterocycles. The Morgan fingerprint density at radius 2 is 1.89 bits per heavy atom. The average molecular weight is 417 g/mol. The Morgan fingerprint density at radius 1 is 1.14 bits per heavy atom. The Kier molecular flexibility index (Phi) is 6.72. The fourth-order valence-electron chi connectivity index (χ4n) is 2.30. The van der Waals surface area contributed by atoms with E-state index in [1.807, 2.05) is 12.1 Å². The number of nitrogens with zero attached hydrogens (tertiary/aromatic N) is 2. The molecule has 0 saturated carbocycles. The van der Waals surface area contributed by atoms with Crippen LogP contribution in [-0.4, -0.2) is 29.2 Å². The van der Waals surface area contributed by atoms with Gasteiger partial charge in [-0.15, -0.1) is 10.2 Å². The Hall–Kier alpha value is -2.78. The van der Waals surface area contributed by atoms with Crippen molar-refractivity contribution >= 4 is 40.1 Å². The number of ether oxygens (including phenoxy) is 1. The summed E-state index contributed by atoms with van der Waals surface area (Å²) in [5.41, 5.74) is 1.83. The summed E-state index contributed by atoms with van der Waals surface area (Å²) in [7, 11) is 1.34. The first-order valence-corrected chi connectivity index (χ1v) is 10.0. The number of anilines is 1. The summed E-state index contributed by atoms with van der Waals surface area (Å²) in [6, 6.07) is 13.3. The molecule has 3 aromatic rings. The minimum absolute atomic E-state index is 0.0682. The molecule has 6 nitrogen and oxygen atoms in total.